The molecule has 0 saturated carbocycles. The number of amides is 1. The van der Waals surface area contributed by atoms with Gasteiger partial charge in [-0.3, -0.25) is 9.52 Å². The van der Waals surface area contributed by atoms with Crippen LogP contribution in [0.3, 0.4) is 0 Å². The number of hydrogen-bond acceptors (Lipinski definition) is 7. The fourth-order valence-corrected chi connectivity index (χ4v) is 4.81. The summed E-state index contributed by atoms with van der Waals surface area (Å²) in [5.41, 5.74) is 3.06. The monoisotopic (exact) mass is 486 g/mol. The first kappa shape index (κ1) is 21.5. The van der Waals surface area contributed by atoms with Crippen LogP contribution in [0.5, 0.6) is 11.5 Å². The summed E-state index contributed by atoms with van der Waals surface area (Å²) in [4.78, 5) is 16.9. The van der Waals surface area contributed by atoms with Gasteiger partial charge < -0.3 is 9.47 Å². The molecule has 2 aliphatic heterocycles. The molecule has 2 aromatic carbocycles. The lowest BCUT2D eigenvalue weighted by molar-refractivity contribution is -0.130. The summed E-state index contributed by atoms with van der Waals surface area (Å²) >= 11 is 6.55. The fourth-order valence-electron chi connectivity index (χ4n) is 3.98. The zero-order chi connectivity index (χ0) is 23.3. The van der Waals surface area contributed by atoms with Crippen molar-refractivity contribution in [2.45, 2.75) is 19.4 Å². The number of nitrogens with one attached hydrogen (secondary N) is 1. The summed E-state index contributed by atoms with van der Waals surface area (Å²) in [5, 5.41) is 6.97. The molecule has 2 aliphatic rings. The van der Waals surface area contributed by atoms with E-state index >= 15 is 0 Å². The molecule has 0 bridgehead atoms. The van der Waals surface area contributed by atoms with Crippen LogP contribution in [0, 0.1) is 0 Å². The van der Waals surface area contributed by atoms with Crippen LogP contribution in [0.1, 0.15) is 30.5 Å². The van der Waals surface area contributed by atoms with Gasteiger partial charge in [0.05, 0.1) is 23.5 Å². The molecule has 1 unspecified atom stereocenters. The van der Waals surface area contributed by atoms with Gasteiger partial charge in [0.25, 0.3) is 0 Å². The van der Waals surface area contributed by atoms with Gasteiger partial charge >= 0.3 is 0 Å². The van der Waals surface area contributed by atoms with E-state index in [1.807, 2.05) is 18.2 Å². The second-order valence-corrected chi connectivity index (χ2v) is 9.96. The predicted molar refractivity (Wildman–Crippen MR) is 124 cm³/mol. The highest BCUT2D eigenvalue weighted by Crippen LogP contribution is 2.40. The second kappa shape index (κ2) is 7.89. The van der Waals surface area contributed by atoms with Crippen LogP contribution in [0.25, 0.3) is 10.9 Å². The topological polar surface area (TPSA) is 110 Å². The van der Waals surface area contributed by atoms with Gasteiger partial charge in [-0.15, -0.1) is 0 Å². The Labute approximate surface area is 195 Å². The number of halogens is 1. The molecule has 33 heavy (non-hydrogen) atoms. The molecule has 0 saturated heterocycles. The Morgan fingerprint density at radius 1 is 1.18 bits per heavy atom. The highest BCUT2D eigenvalue weighted by molar-refractivity contribution is 7.92. The maximum atomic E-state index is 12.4. The van der Waals surface area contributed by atoms with Gasteiger partial charge in [-0.05, 0) is 29.8 Å². The van der Waals surface area contributed by atoms with E-state index in [2.05, 4.69) is 14.8 Å². The van der Waals surface area contributed by atoms with E-state index in [4.69, 9.17) is 21.1 Å². The number of hydrazone groups is 1. The molecule has 0 radical (unpaired) electrons. The van der Waals surface area contributed by atoms with Crippen molar-refractivity contribution in [3.05, 3.63) is 58.7 Å². The Kier molecular flexibility index (Phi) is 5.13. The Morgan fingerprint density at radius 3 is 2.67 bits per heavy atom. The average molecular weight is 487 g/mol. The third kappa shape index (κ3) is 4.19. The molecule has 9 nitrogen and oxygen atoms in total. The van der Waals surface area contributed by atoms with Crippen LogP contribution in [0.2, 0.25) is 5.15 Å². The Balaban J connectivity index is 1.52. The van der Waals surface area contributed by atoms with Crippen molar-refractivity contribution in [1.29, 1.82) is 0 Å². The quantitative estimate of drug-likeness (QED) is 0.563. The molecule has 1 aromatic heterocycles. The van der Waals surface area contributed by atoms with Gasteiger partial charge in [0, 0.05) is 36.0 Å². The van der Waals surface area contributed by atoms with E-state index in [0.29, 0.717) is 46.0 Å². The first-order valence-corrected chi connectivity index (χ1v) is 12.3. The maximum absolute atomic E-state index is 12.4. The van der Waals surface area contributed by atoms with E-state index in [1.54, 1.807) is 24.3 Å². The van der Waals surface area contributed by atoms with E-state index in [-0.39, 0.29) is 17.9 Å². The molecular weight excluding hydrogens is 468 g/mol. The summed E-state index contributed by atoms with van der Waals surface area (Å²) in [5.74, 6) is 0.986. The lowest BCUT2D eigenvalue weighted by atomic mass is 9.98. The van der Waals surface area contributed by atoms with Crippen LogP contribution in [0.4, 0.5) is 5.69 Å². The Hall–Kier alpha value is -3.37. The second-order valence-electron chi connectivity index (χ2n) is 7.85. The van der Waals surface area contributed by atoms with Gasteiger partial charge in [0.1, 0.15) is 5.15 Å². The van der Waals surface area contributed by atoms with Gasteiger partial charge in [-0.1, -0.05) is 23.7 Å². The minimum atomic E-state index is -3.43. The Bertz CT molecular complexity index is 1440. The number of carbonyl (C=O) groups is 1. The van der Waals surface area contributed by atoms with E-state index < -0.39 is 16.1 Å². The van der Waals surface area contributed by atoms with Gasteiger partial charge in [-0.25, -0.2) is 18.4 Å². The van der Waals surface area contributed by atoms with Gasteiger partial charge in [0.2, 0.25) is 22.7 Å². The van der Waals surface area contributed by atoms with Crippen LogP contribution < -0.4 is 14.2 Å². The molecule has 1 amide bonds. The minimum Gasteiger partial charge on any atom is -0.454 e. The third-order valence-electron chi connectivity index (χ3n) is 5.38. The SMILES string of the molecule is CC(=O)N1N=C(c2cccc(NS(C)(=O)=O)c2)CC1c1cc2cc3c(cc2nc1Cl)OCO3. The molecule has 170 valence electrons. The maximum Gasteiger partial charge on any atom is 0.240 e. The number of pyridine rings is 1. The molecule has 5 rings (SSSR count). The molecule has 3 heterocycles. The summed E-state index contributed by atoms with van der Waals surface area (Å²) in [6, 6.07) is 11.9. The average Bonchev–Trinajstić information content (AvgIpc) is 3.37. The molecule has 1 atom stereocenters. The standard InChI is InChI=1S/C22H19ClN4O5S/c1-12(28)27-19(9-18(25-27)13-4-3-5-15(6-13)26-33(2,29)30)16-7-14-8-20-21(32-11-31-20)10-17(14)24-22(16)23/h3-8,10,19,26H,9,11H2,1-2H3. The number of aromatic nitrogens is 1. The zero-order valence-corrected chi connectivity index (χ0v) is 19.3. The number of nitrogens with zero attached hydrogens (tertiary/aromatic N) is 3. The van der Waals surface area contributed by atoms with Crippen LogP contribution >= 0.6 is 11.6 Å². The molecule has 0 spiro atoms. The number of carbonyl (C=O) groups excluding carboxylic acids is 1. The largest absolute Gasteiger partial charge is 0.454 e. The number of ether oxygens (including phenoxy) is 2. The highest BCUT2D eigenvalue weighted by atomic mass is 35.5. The molecule has 1 N–H and O–H groups in total. The van der Waals surface area contributed by atoms with E-state index in [0.717, 1.165) is 11.6 Å². The third-order valence-corrected chi connectivity index (χ3v) is 6.29. The molecule has 0 fully saturated rings. The Morgan fingerprint density at radius 2 is 1.94 bits per heavy atom. The van der Waals surface area contributed by atoms with E-state index in [9.17, 15) is 13.2 Å². The van der Waals surface area contributed by atoms with Crippen molar-refractivity contribution in [1.82, 2.24) is 9.99 Å². The lowest BCUT2D eigenvalue weighted by Crippen LogP contribution is -2.24. The molecule has 3 aromatic rings. The number of fused-ring (bicyclic) bond motifs is 2. The zero-order valence-electron chi connectivity index (χ0n) is 17.7. The van der Waals surface area contributed by atoms with Crippen molar-refractivity contribution in [2.24, 2.45) is 5.10 Å². The highest BCUT2D eigenvalue weighted by Gasteiger charge is 2.33. The summed E-state index contributed by atoms with van der Waals surface area (Å²) in [6.45, 7) is 1.58. The number of rotatable bonds is 4. The van der Waals surface area contributed by atoms with Crippen molar-refractivity contribution in [2.75, 3.05) is 17.8 Å². The van der Waals surface area contributed by atoms with Crippen molar-refractivity contribution >= 4 is 49.8 Å². The number of sulfonamides is 1. The van der Waals surface area contributed by atoms with Gasteiger partial charge in [0.15, 0.2) is 11.5 Å². The number of benzene rings is 2. The smallest absolute Gasteiger partial charge is 0.240 e. The minimum absolute atomic E-state index is 0.150. The van der Waals surface area contributed by atoms with Crippen molar-refractivity contribution in [3.8, 4) is 11.5 Å². The van der Waals surface area contributed by atoms with Crippen LogP contribution in [0.15, 0.2) is 47.6 Å². The predicted octanol–water partition coefficient (Wildman–Crippen LogP) is 3.69. The number of hydrogen-bond donors (Lipinski definition) is 1. The van der Waals surface area contributed by atoms with Crippen molar-refractivity contribution < 1.29 is 22.7 Å². The summed E-state index contributed by atoms with van der Waals surface area (Å²) in [7, 11) is -3.43. The number of anilines is 1. The summed E-state index contributed by atoms with van der Waals surface area (Å²) < 4.78 is 36.5. The first-order chi connectivity index (χ1) is 15.7. The fraction of sp³-hybridized carbons (Fsp3) is 0.227. The van der Waals surface area contributed by atoms with Crippen LogP contribution in [-0.4, -0.2) is 43.1 Å². The normalized spacial score (nSPS) is 17.4. The van der Waals surface area contributed by atoms with Crippen molar-refractivity contribution in [3.63, 3.8) is 0 Å². The molecule has 0 aliphatic carbocycles. The van der Waals surface area contributed by atoms with Gasteiger partial charge in [-0.2, -0.15) is 5.10 Å². The molecule has 11 heteroatoms. The summed E-state index contributed by atoms with van der Waals surface area (Å²) in [6.07, 6.45) is 1.47. The van der Waals surface area contributed by atoms with Crippen LogP contribution in [-0.2, 0) is 14.8 Å². The van der Waals surface area contributed by atoms with E-state index in [1.165, 1.54) is 11.9 Å². The molecular formula is C22H19ClN4O5S. The first-order valence-electron chi connectivity index (χ1n) is 10.0. The lowest BCUT2D eigenvalue weighted by Gasteiger charge is -2.21.